The van der Waals surface area contributed by atoms with Gasteiger partial charge in [0.2, 0.25) is 5.91 Å². The number of aromatic nitrogens is 2. The predicted octanol–water partition coefficient (Wildman–Crippen LogP) is 2.16. The second-order valence-electron chi connectivity index (χ2n) is 5.98. The fraction of sp³-hybridized carbons (Fsp3) is 0.500. The number of nitrogens with one attached hydrogen (secondary N) is 1. The van der Waals surface area contributed by atoms with Gasteiger partial charge < -0.3 is 9.73 Å². The van der Waals surface area contributed by atoms with Gasteiger partial charge in [-0.15, -0.1) is 0 Å². The van der Waals surface area contributed by atoms with Crippen LogP contribution in [0.4, 0.5) is 0 Å². The van der Waals surface area contributed by atoms with E-state index in [-0.39, 0.29) is 12.5 Å². The summed E-state index contributed by atoms with van der Waals surface area (Å²) in [5.41, 5.74) is 0. The van der Waals surface area contributed by atoms with Gasteiger partial charge >= 0.3 is 0 Å². The van der Waals surface area contributed by atoms with E-state index in [0.717, 1.165) is 38.2 Å². The lowest BCUT2D eigenvalue weighted by Gasteiger charge is -2.32. The molecule has 2 aromatic rings. The maximum atomic E-state index is 12.0. The zero-order valence-corrected chi connectivity index (χ0v) is 13.7. The molecule has 23 heavy (non-hydrogen) atoms. The van der Waals surface area contributed by atoms with Gasteiger partial charge in [0, 0.05) is 19.3 Å². The van der Waals surface area contributed by atoms with Crippen molar-refractivity contribution in [2.75, 3.05) is 19.6 Å². The highest BCUT2D eigenvalue weighted by atomic mass is 35.5. The molecule has 1 saturated heterocycles. The van der Waals surface area contributed by atoms with Crippen molar-refractivity contribution < 1.29 is 9.21 Å². The molecule has 3 rings (SSSR count). The van der Waals surface area contributed by atoms with E-state index >= 15 is 0 Å². The van der Waals surface area contributed by atoms with Gasteiger partial charge in [-0.25, -0.2) is 0 Å². The molecular weight excluding hydrogens is 316 g/mol. The first-order valence-corrected chi connectivity index (χ1v) is 8.26. The predicted molar refractivity (Wildman–Crippen MR) is 87.0 cm³/mol. The Balaban J connectivity index is 1.41. The maximum absolute atomic E-state index is 12.0. The van der Waals surface area contributed by atoms with Crippen LogP contribution in [0.1, 0.15) is 18.6 Å². The Morgan fingerprint density at radius 2 is 2.43 bits per heavy atom. The van der Waals surface area contributed by atoms with Crippen molar-refractivity contribution in [2.45, 2.75) is 25.9 Å². The van der Waals surface area contributed by atoms with Crippen LogP contribution in [0, 0.1) is 5.92 Å². The zero-order chi connectivity index (χ0) is 16.1. The number of hydrogen-bond acceptors (Lipinski definition) is 4. The molecule has 0 spiro atoms. The number of carbonyl (C=O) groups is 1. The molecule has 2 aromatic heterocycles. The minimum atomic E-state index is -0.0343. The number of rotatable bonds is 6. The van der Waals surface area contributed by atoms with Gasteiger partial charge in [-0.3, -0.25) is 14.4 Å². The number of hydrogen-bond donors (Lipinski definition) is 1. The lowest BCUT2D eigenvalue weighted by molar-refractivity contribution is -0.122. The number of carbonyl (C=O) groups excluding carboxylic acids is 1. The minimum Gasteiger partial charge on any atom is -0.468 e. The monoisotopic (exact) mass is 336 g/mol. The van der Waals surface area contributed by atoms with Gasteiger partial charge in [-0.1, -0.05) is 11.6 Å². The van der Waals surface area contributed by atoms with Crippen molar-refractivity contribution >= 4 is 17.5 Å². The number of likely N-dealkylation sites (tertiary alicyclic amines) is 1. The maximum Gasteiger partial charge on any atom is 0.241 e. The molecular formula is C16H21ClN4O2. The quantitative estimate of drug-likeness (QED) is 0.878. The number of nitrogens with zero attached hydrogens (tertiary/aromatic N) is 3. The van der Waals surface area contributed by atoms with E-state index in [4.69, 9.17) is 16.0 Å². The van der Waals surface area contributed by atoms with Crippen LogP contribution in [0.2, 0.25) is 5.02 Å². The molecule has 1 fully saturated rings. The highest BCUT2D eigenvalue weighted by Crippen LogP contribution is 2.18. The molecule has 1 aliphatic rings. The Labute approximate surface area is 140 Å². The molecule has 3 heterocycles. The molecule has 0 saturated carbocycles. The first kappa shape index (κ1) is 16.1. The fourth-order valence-electron chi connectivity index (χ4n) is 2.97. The summed E-state index contributed by atoms with van der Waals surface area (Å²) < 4.78 is 6.95. The Kier molecular flexibility index (Phi) is 5.35. The Morgan fingerprint density at radius 3 is 3.17 bits per heavy atom. The molecule has 0 unspecified atom stereocenters. The van der Waals surface area contributed by atoms with Crippen LogP contribution in [0.15, 0.2) is 35.2 Å². The normalized spacial score (nSPS) is 18.9. The van der Waals surface area contributed by atoms with Crippen LogP contribution in [0.25, 0.3) is 0 Å². The van der Waals surface area contributed by atoms with Crippen LogP contribution in [-0.4, -0.2) is 40.2 Å². The summed E-state index contributed by atoms with van der Waals surface area (Å²) in [6.45, 7) is 3.80. The minimum absolute atomic E-state index is 0.0343. The third-order valence-corrected chi connectivity index (χ3v) is 4.25. The summed E-state index contributed by atoms with van der Waals surface area (Å²) in [6, 6.07) is 3.92. The van der Waals surface area contributed by atoms with E-state index in [2.05, 4.69) is 15.3 Å². The summed E-state index contributed by atoms with van der Waals surface area (Å²) in [5, 5.41) is 7.55. The Bertz CT molecular complexity index is 626. The van der Waals surface area contributed by atoms with Crippen molar-refractivity contribution in [1.29, 1.82) is 0 Å². The summed E-state index contributed by atoms with van der Waals surface area (Å²) in [7, 11) is 0. The molecule has 0 bridgehead atoms. The molecule has 1 N–H and O–H groups in total. The Morgan fingerprint density at radius 1 is 1.52 bits per heavy atom. The molecule has 6 nitrogen and oxygen atoms in total. The lowest BCUT2D eigenvalue weighted by Crippen LogP contribution is -2.41. The van der Waals surface area contributed by atoms with E-state index in [1.165, 1.54) is 6.20 Å². The second-order valence-corrected chi connectivity index (χ2v) is 6.42. The summed E-state index contributed by atoms with van der Waals surface area (Å²) in [6.07, 6.45) is 7.17. The number of halogens is 1. The van der Waals surface area contributed by atoms with Crippen molar-refractivity contribution in [3.63, 3.8) is 0 Å². The van der Waals surface area contributed by atoms with Crippen molar-refractivity contribution in [2.24, 2.45) is 5.92 Å². The Hall–Kier alpha value is -1.79. The summed E-state index contributed by atoms with van der Waals surface area (Å²) in [5.74, 6) is 1.43. The van der Waals surface area contributed by atoms with Crippen LogP contribution < -0.4 is 5.32 Å². The third-order valence-electron chi connectivity index (χ3n) is 4.06. The van der Waals surface area contributed by atoms with E-state index in [1.807, 2.05) is 12.1 Å². The van der Waals surface area contributed by atoms with Crippen LogP contribution in [0.5, 0.6) is 0 Å². The van der Waals surface area contributed by atoms with Gasteiger partial charge in [-0.2, -0.15) is 5.10 Å². The van der Waals surface area contributed by atoms with Crippen LogP contribution in [-0.2, 0) is 17.9 Å². The smallest absolute Gasteiger partial charge is 0.241 e. The van der Waals surface area contributed by atoms with Gasteiger partial charge in [-0.05, 0) is 37.4 Å². The highest BCUT2D eigenvalue weighted by molar-refractivity contribution is 6.30. The lowest BCUT2D eigenvalue weighted by atomic mass is 9.98. The van der Waals surface area contributed by atoms with Gasteiger partial charge in [0.05, 0.1) is 24.0 Å². The standard InChI is InChI=1S/C16H21ClN4O2/c17-14-8-19-21(10-14)12-16(22)18-7-13-3-1-5-20(9-13)11-15-4-2-6-23-15/h2,4,6,8,10,13H,1,3,5,7,9,11-12H2,(H,18,22)/t13-/m0/s1. The third kappa shape index (κ3) is 4.84. The van der Waals surface area contributed by atoms with E-state index in [1.54, 1.807) is 17.1 Å². The zero-order valence-electron chi connectivity index (χ0n) is 12.9. The van der Waals surface area contributed by atoms with E-state index < -0.39 is 0 Å². The first-order valence-electron chi connectivity index (χ1n) is 7.88. The largest absolute Gasteiger partial charge is 0.468 e. The topological polar surface area (TPSA) is 63.3 Å². The van der Waals surface area contributed by atoms with E-state index in [0.29, 0.717) is 17.5 Å². The SMILES string of the molecule is O=C(Cn1cc(Cl)cn1)NC[C@@H]1CCCN(Cc2ccco2)C1. The molecule has 7 heteroatoms. The van der Waals surface area contributed by atoms with Crippen molar-refractivity contribution in [3.05, 3.63) is 41.6 Å². The molecule has 1 amide bonds. The van der Waals surface area contributed by atoms with Crippen LogP contribution in [0.3, 0.4) is 0 Å². The van der Waals surface area contributed by atoms with Gasteiger partial charge in [0.25, 0.3) is 0 Å². The molecule has 1 atom stereocenters. The molecule has 0 radical (unpaired) electrons. The van der Waals surface area contributed by atoms with E-state index in [9.17, 15) is 4.79 Å². The molecule has 0 aromatic carbocycles. The first-order chi connectivity index (χ1) is 11.2. The summed E-state index contributed by atoms with van der Waals surface area (Å²) in [4.78, 5) is 14.3. The van der Waals surface area contributed by atoms with Crippen molar-refractivity contribution in [1.82, 2.24) is 20.0 Å². The number of amides is 1. The molecule has 0 aliphatic carbocycles. The average Bonchev–Trinajstić information content (AvgIpc) is 3.18. The molecule has 124 valence electrons. The molecule has 1 aliphatic heterocycles. The summed E-state index contributed by atoms with van der Waals surface area (Å²) >= 11 is 5.79. The number of furan rings is 1. The highest BCUT2D eigenvalue weighted by Gasteiger charge is 2.21. The second kappa shape index (κ2) is 7.66. The van der Waals surface area contributed by atoms with Gasteiger partial charge in [0.15, 0.2) is 0 Å². The van der Waals surface area contributed by atoms with Gasteiger partial charge in [0.1, 0.15) is 12.3 Å². The number of piperidine rings is 1. The average molecular weight is 337 g/mol. The van der Waals surface area contributed by atoms with Crippen molar-refractivity contribution in [3.8, 4) is 0 Å². The van der Waals surface area contributed by atoms with Crippen LogP contribution >= 0.6 is 11.6 Å². The fourth-order valence-corrected chi connectivity index (χ4v) is 3.13.